The van der Waals surface area contributed by atoms with Crippen LogP contribution in [0.5, 0.6) is 0 Å². The second-order valence-corrected chi connectivity index (χ2v) is 4.17. The van der Waals surface area contributed by atoms with Crippen molar-refractivity contribution in [1.82, 2.24) is 5.16 Å². The Morgan fingerprint density at radius 2 is 2.15 bits per heavy atom. The molecule has 2 rings (SSSR count). The minimum Gasteiger partial charge on any atom is -0.361 e. The van der Waals surface area contributed by atoms with Crippen LogP contribution in [-0.2, 0) is 6.42 Å². The Morgan fingerprint density at radius 3 is 2.62 bits per heavy atom. The lowest BCUT2D eigenvalue weighted by Crippen LogP contribution is -2.22. The van der Waals surface area contributed by atoms with Crippen LogP contribution < -0.4 is 5.73 Å². The molecule has 1 aliphatic carbocycles. The van der Waals surface area contributed by atoms with Gasteiger partial charge in [-0.15, -0.1) is 0 Å². The molecule has 0 spiro atoms. The molecule has 0 bridgehead atoms. The van der Waals surface area contributed by atoms with E-state index in [2.05, 4.69) is 5.16 Å². The van der Waals surface area contributed by atoms with Gasteiger partial charge in [0, 0.05) is 11.1 Å². The molecule has 3 nitrogen and oxygen atoms in total. The highest BCUT2D eigenvalue weighted by atomic mass is 16.5. The molecule has 2 N–H and O–H groups in total. The van der Waals surface area contributed by atoms with E-state index in [1.807, 2.05) is 13.8 Å². The van der Waals surface area contributed by atoms with Crippen LogP contribution in [0, 0.1) is 13.8 Å². The van der Waals surface area contributed by atoms with Crippen molar-refractivity contribution in [3.05, 3.63) is 17.0 Å². The van der Waals surface area contributed by atoms with E-state index >= 15 is 0 Å². The van der Waals surface area contributed by atoms with Crippen molar-refractivity contribution in [2.75, 3.05) is 0 Å². The van der Waals surface area contributed by atoms with Crippen molar-refractivity contribution < 1.29 is 4.52 Å². The van der Waals surface area contributed by atoms with Crippen LogP contribution >= 0.6 is 0 Å². The first-order valence-corrected chi connectivity index (χ1v) is 4.81. The summed E-state index contributed by atoms with van der Waals surface area (Å²) >= 11 is 0. The van der Waals surface area contributed by atoms with E-state index < -0.39 is 0 Å². The van der Waals surface area contributed by atoms with Crippen molar-refractivity contribution in [3.63, 3.8) is 0 Å². The number of hydrogen-bond donors (Lipinski definition) is 1. The van der Waals surface area contributed by atoms with Crippen LogP contribution in [-0.4, -0.2) is 10.7 Å². The quantitative estimate of drug-likeness (QED) is 0.770. The van der Waals surface area contributed by atoms with Crippen molar-refractivity contribution in [1.29, 1.82) is 0 Å². The Kier molecular flexibility index (Phi) is 1.91. The lowest BCUT2D eigenvalue weighted by atomic mass is 10.0. The Labute approximate surface area is 78.3 Å². The van der Waals surface area contributed by atoms with Gasteiger partial charge in [-0.3, -0.25) is 0 Å². The molecule has 1 heterocycles. The summed E-state index contributed by atoms with van der Waals surface area (Å²) in [5.74, 6) is 0.946. The van der Waals surface area contributed by atoms with Gasteiger partial charge < -0.3 is 10.3 Å². The van der Waals surface area contributed by atoms with Crippen LogP contribution in [0.3, 0.4) is 0 Å². The molecule has 0 saturated heterocycles. The normalized spacial score (nSPS) is 19.0. The van der Waals surface area contributed by atoms with Crippen molar-refractivity contribution in [2.45, 2.75) is 45.1 Å². The second kappa shape index (κ2) is 2.84. The summed E-state index contributed by atoms with van der Waals surface area (Å²) in [5.41, 5.74) is 8.41. The second-order valence-electron chi connectivity index (χ2n) is 4.17. The van der Waals surface area contributed by atoms with Gasteiger partial charge in [0.1, 0.15) is 5.76 Å². The molecule has 0 atom stereocenters. The SMILES string of the molecule is Cc1noc(C)c1CCC1(N)CC1. The average Bonchev–Trinajstić information content (AvgIpc) is 2.72. The lowest BCUT2D eigenvalue weighted by molar-refractivity contribution is 0.392. The third kappa shape index (κ3) is 1.75. The average molecular weight is 180 g/mol. The zero-order chi connectivity index (χ0) is 9.47. The van der Waals surface area contributed by atoms with Gasteiger partial charge >= 0.3 is 0 Å². The summed E-state index contributed by atoms with van der Waals surface area (Å²) in [5, 5.41) is 3.92. The highest BCUT2D eigenvalue weighted by Gasteiger charge is 2.37. The van der Waals surface area contributed by atoms with E-state index in [9.17, 15) is 0 Å². The van der Waals surface area contributed by atoms with Gasteiger partial charge in [-0.05, 0) is 39.5 Å². The van der Waals surface area contributed by atoms with Crippen molar-refractivity contribution >= 4 is 0 Å². The summed E-state index contributed by atoms with van der Waals surface area (Å²) in [6, 6.07) is 0. The third-order valence-electron chi connectivity index (χ3n) is 2.95. The Hall–Kier alpha value is -0.830. The van der Waals surface area contributed by atoms with Gasteiger partial charge in [0.2, 0.25) is 0 Å². The summed E-state index contributed by atoms with van der Waals surface area (Å²) in [7, 11) is 0. The lowest BCUT2D eigenvalue weighted by Gasteiger charge is -2.06. The van der Waals surface area contributed by atoms with E-state index in [1.165, 1.54) is 18.4 Å². The maximum atomic E-state index is 6.01. The topological polar surface area (TPSA) is 52.0 Å². The van der Waals surface area contributed by atoms with Gasteiger partial charge in [-0.2, -0.15) is 0 Å². The monoisotopic (exact) mass is 180 g/mol. The maximum Gasteiger partial charge on any atom is 0.137 e. The van der Waals surface area contributed by atoms with Crippen LogP contribution in [0.2, 0.25) is 0 Å². The number of aromatic nitrogens is 1. The molecule has 0 unspecified atom stereocenters. The van der Waals surface area contributed by atoms with Crippen molar-refractivity contribution in [2.24, 2.45) is 5.73 Å². The first-order valence-electron chi connectivity index (χ1n) is 4.81. The largest absolute Gasteiger partial charge is 0.361 e. The molecule has 1 aliphatic rings. The minimum atomic E-state index is 0.135. The summed E-state index contributed by atoms with van der Waals surface area (Å²) in [6.45, 7) is 3.95. The zero-order valence-corrected chi connectivity index (χ0v) is 8.26. The molecule has 0 radical (unpaired) electrons. The van der Waals surface area contributed by atoms with Gasteiger partial charge in [0.05, 0.1) is 5.69 Å². The summed E-state index contributed by atoms with van der Waals surface area (Å²) in [6.07, 6.45) is 4.43. The molecule has 0 amide bonds. The molecule has 0 aliphatic heterocycles. The first kappa shape index (κ1) is 8.75. The Balaban J connectivity index is 2.00. The van der Waals surface area contributed by atoms with Gasteiger partial charge in [0.15, 0.2) is 0 Å². The van der Waals surface area contributed by atoms with E-state index in [0.29, 0.717) is 0 Å². The van der Waals surface area contributed by atoms with E-state index in [1.54, 1.807) is 0 Å². The fourth-order valence-corrected chi connectivity index (χ4v) is 1.64. The van der Waals surface area contributed by atoms with E-state index in [4.69, 9.17) is 10.3 Å². The number of nitrogens with two attached hydrogens (primary N) is 1. The molecular formula is C10H16N2O. The molecule has 72 valence electrons. The Bertz CT molecular complexity index is 293. The maximum absolute atomic E-state index is 6.01. The third-order valence-corrected chi connectivity index (χ3v) is 2.95. The molecule has 1 fully saturated rings. The summed E-state index contributed by atoms with van der Waals surface area (Å²) < 4.78 is 5.09. The molecule has 0 aromatic carbocycles. The van der Waals surface area contributed by atoms with Gasteiger partial charge in [-0.25, -0.2) is 0 Å². The molecule has 13 heavy (non-hydrogen) atoms. The van der Waals surface area contributed by atoms with Gasteiger partial charge in [0.25, 0.3) is 0 Å². The van der Waals surface area contributed by atoms with E-state index in [-0.39, 0.29) is 5.54 Å². The number of hydrogen-bond acceptors (Lipinski definition) is 3. The predicted molar refractivity (Wildman–Crippen MR) is 50.5 cm³/mol. The Morgan fingerprint density at radius 1 is 1.46 bits per heavy atom. The fourth-order valence-electron chi connectivity index (χ4n) is 1.64. The predicted octanol–water partition coefficient (Wildman–Crippen LogP) is 1.72. The van der Waals surface area contributed by atoms with Crippen LogP contribution in [0.4, 0.5) is 0 Å². The molecule has 1 saturated carbocycles. The number of rotatable bonds is 3. The fraction of sp³-hybridized carbons (Fsp3) is 0.700. The summed E-state index contributed by atoms with van der Waals surface area (Å²) in [4.78, 5) is 0. The minimum absolute atomic E-state index is 0.135. The van der Waals surface area contributed by atoms with Crippen LogP contribution in [0.25, 0.3) is 0 Å². The smallest absolute Gasteiger partial charge is 0.137 e. The standard InChI is InChI=1S/C10H16N2O/c1-7-9(8(2)13-12-7)3-4-10(11)5-6-10/h3-6,11H2,1-2H3. The zero-order valence-electron chi connectivity index (χ0n) is 8.26. The molecular weight excluding hydrogens is 164 g/mol. The first-order chi connectivity index (χ1) is 6.11. The molecule has 3 heteroatoms. The van der Waals surface area contributed by atoms with Gasteiger partial charge in [-0.1, -0.05) is 5.16 Å². The van der Waals surface area contributed by atoms with Crippen LogP contribution in [0.15, 0.2) is 4.52 Å². The highest BCUT2D eigenvalue weighted by molar-refractivity contribution is 5.21. The van der Waals surface area contributed by atoms with Crippen LogP contribution in [0.1, 0.15) is 36.3 Å². The number of nitrogens with zero attached hydrogens (tertiary/aromatic N) is 1. The number of aryl methyl sites for hydroxylation is 2. The van der Waals surface area contributed by atoms with E-state index in [0.717, 1.165) is 24.3 Å². The molecule has 1 aromatic rings. The van der Waals surface area contributed by atoms with Crippen molar-refractivity contribution in [3.8, 4) is 0 Å². The molecule has 1 aromatic heterocycles. The highest BCUT2D eigenvalue weighted by Crippen LogP contribution is 2.37.